The number of aromatic nitrogens is 1. The summed E-state index contributed by atoms with van der Waals surface area (Å²) in [6.07, 6.45) is 2.10. The van der Waals surface area contributed by atoms with Crippen molar-refractivity contribution in [1.29, 1.82) is 0 Å². The van der Waals surface area contributed by atoms with Crippen LogP contribution in [0.15, 0.2) is 39.8 Å². The van der Waals surface area contributed by atoms with Crippen LogP contribution in [0.25, 0.3) is 0 Å². The monoisotopic (exact) mass is 336 g/mol. The molecule has 0 saturated heterocycles. The summed E-state index contributed by atoms with van der Waals surface area (Å²) in [6, 6.07) is 8.56. The highest BCUT2D eigenvalue weighted by Crippen LogP contribution is 2.21. The fourth-order valence-corrected chi connectivity index (χ4v) is 3.37. The second kappa shape index (κ2) is 7.17. The lowest BCUT2D eigenvalue weighted by molar-refractivity contribution is 0.375. The van der Waals surface area contributed by atoms with Gasteiger partial charge in [-0.15, -0.1) is 0 Å². The molecule has 2 atom stereocenters. The van der Waals surface area contributed by atoms with Crippen LogP contribution in [0.1, 0.15) is 38.5 Å². The molecule has 6 heteroatoms. The van der Waals surface area contributed by atoms with E-state index in [9.17, 15) is 8.42 Å². The highest BCUT2D eigenvalue weighted by Gasteiger charge is 2.17. The highest BCUT2D eigenvalue weighted by atomic mass is 32.2. The average molecular weight is 336 g/mol. The molecular formula is C17H24N2O3S. The van der Waals surface area contributed by atoms with Crippen LogP contribution >= 0.6 is 0 Å². The molecule has 1 heterocycles. The molecule has 2 unspecified atom stereocenters. The van der Waals surface area contributed by atoms with Crippen molar-refractivity contribution < 1.29 is 12.9 Å². The van der Waals surface area contributed by atoms with E-state index in [2.05, 4.69) is 30.6 Å². The topological polar surface area (TPSA) is 72.2 Å². The van der Waals surface area contributed by atoms with Crippen LogP contribution in [0, 0.1) is 18.8 Å². The van der Waals surface area contributed by atoms with Crippen molar-refractivity contribution in [3.8, 4) is 0 Å². The zero-order valence-electron chi connectivity index (χ0n) is 14.0. The van der Waals surface area contributed by atoms with Crippen molar-refractivity contribution in [3.05, 3.63) is 41.7 Å². The SMILES string of the molecule is CCC(C)C(C)Cc1ccc(S(=O)(=O)Nc2cc(C)on2)cc1. The van der Waals surface area contributed by atoms with Crippen LogP contribution in [-0.2, 0) is 16.4 Å². The number of hydrogen-bond acceptors (Lipinski definition) is 4. The molecule has 0 fully saturated rings. The van der Waals surface area contributed by atoms with Crippen molar-refractivity contribution >= 4 is 15.8 Å². The average Bonchev–Trinajstić information content (AvgIpc) is 2.91. The fourth-order valence-electron chi connectivity index (χ4n) is 2.39. The Labute approximate surface area is 138 Å². The Morgan fingerprint density at radius 1 is 1.17 bits per heavy atom. The first kappa shape index (κ1) is 17.5. The van der Waals surface area contributed by atoms with Gasteiger partial charge in [0.1, 0.15) is 5.76 Å². The van der Waals surface area contributed by atoms with Crippen LogP contribution in [-0.4, -0.2) is 13.6 Å². The van der Waals surface area contributed by atoms with E-state index in [1.54, 1.807) is 25.1 Å². The van der Waals surface area contributed by atoms with E-state index in [1.807, 2.05) is 12.1 Å². The first-order valence-electron chi connectivity index (χ1n) is 7.87. The third-order valence-electron chi connectivity index (χ3n) is 4.27. The molecule has 0 aliphatic carbocycles. The second-order valence-corrected chi connectivity index (χ2v) is 7.82. The molecule has 23 heavy (non-hydrogen) atoms. The van der Waals surface area contributed by atoms with E-state index in [-0.39, 0.29) is 10.7 Å². The molecular weight excluding hydrogens is 312 g/mol. The minimum atomic E-state index is -3.64. The predicted molar refractivity (Wildman–Crippen MR) is 90.8 cm³/mol. The van der Waals surface area contributed by atoms with Crippen molar-refractivity contribution in [2.24, 2.45) is 11.8 Å². The number of benzene rings is 1. The third kappa shape index (κ3) is 4.58. The molecule has 1 N–H and O–H groups in total. The Balaban J connectivity index is 2.09. The molecule has 0 aliphatic rings. The van der Waals surface area contributed by atoms with Gasteiger partial charge in [0, 0.05) is 6.07 Å². The van der Waals surface area contributed by atoms with E-state index in [0.717, 1.165) is 18.4 Å². The van der Waals surface area contributed by atoms with Crippen LogP contribution in [0.4, 0.5) is 5.82 Å². The number of sulfonamides is 1. The first-order valence-corrected chi connectivity index (χ1v) is 9.35. The van der Waals surface area contributed by atoms with Gasteiger partial charge in [0.25, 0.3) is 10.0 Å². The van der Waals surface area contributed by atoms with Gasteiger partial charge in [0.05, 0.1) is 4.90 Å². The lowest BCUT2D eigenvalue weighted by atomic mass is 9.88. The van der Waals surface area contributed by atoms with Gasteiger partial charge in [-0.2, -0.15) is 0 Å². The first-order chi connectivity index (χ1) is 10.8. The second-order valence-electron chi connectivity index (χ2n) is 6.14. The van der Waals surface area contributed by atoms with Gasteiger partial charge >= 0.3 is 0 Å². The lowest BCUT2D eigenvalue weighted by Gasteiger charge is -2.18. The van der Waals surface area contributed by atoms with Crippen molar-refractivity contribution in [1.82, 2.24) is 5.16 Å². The Kier molecular flexibility index (Phi) is 5.46. The van der Waals surface area contributed by atoms with Crippen LogP contribution < -0.4 is 4.72 Å². The maximum atomic E-state index is 12.3. The molecule has 0 bridgehead atoms. The normalized spacial score (nSPS) is 14.4. The maximum Gasteiger partial charge on any atom is 0.263 e. The third-order valence-corrected chi connectivity index (χ3v) is 5.64. The summed E-state index contributed by atoms with van der Waals surface area (Å²) in [5.74, 6) is 1.96. The van der Waals surface area contributed by atoms with Gasteiger partial charge in [0.2, 0.25) is 0 Å². The van der Waals surface area contributed by atoms with Crippen LogP contribution in [0.3, 0.4) is 0 Å². The van der Waals surface area contributed by atoms with Gasteiger partial charge in [-0.1, -0.05) is 44.5 Å². The van der Waals surface area contributed by atoms with Crippen LogP contribution in [0.5, 0.6) is 0 Å². The predicted octanol–water partition coefficient (Wildman–Crippen LogP) is 4.01. The minimum Gasteiger partial charge on any atom is -0.360 e. The zero-order valence-corrected chi connectivity index (χ0v) is 14.9. The molecule has 1 aromatic heterocycles. The van der Waals surface area contributed by atoms with Crippen molar-refractivity contribution in [3.63, 3.8) is 0 Å². The zero-order chi connectivity index (χ0) is 17.0. The van der Waals surface area contributed by atoms with Gasteiger partial charge in [-0.25, -0.2) is 8.42 Å². The van der Waals surface area contributed by atoms with Gasteiger partial charge in [-0.05, 0) is 42.9 Å². The molecule has 0 amide bonds. The highest BCUT2D eigenvalue weighted by molar-refractivity contribution is 7.92. The van der Waals surface area contributed by atoms with Gasteiger partial charge in [0.15, 0.2) is 5.82 Å². The quantitative estimate of drug-likeness (QED) is 0.829. The molecule has 0 saturated carbocycles. The Morgan fingerprint density at radius 3 is 2.35 bits per heavy atom. The molecule has 126 valence electrons. The van der Waals surface area contributed by atoms with Gasteiger partial charge < -0.3 is 4.52 Å². The minimum absolute atomic E-state index is 0.192. The lowest BCUT2D eigenvalue weighted by Crippen LogP contribution is -2.13. The summed E-state index contributed by atoms with van der Waals surface area (Å²) in [5, 5.41) is 3.65. The van der Waals surface area contributed by atoms with E-state index in [1.165, 1.54) is 0 Å². The molecule has 0 spiro atoms. The Bertz CT molecular complexity index is 735. The largest absolute Gasteiger partial charge is 0.360 e. The summed E-state index contributed by atoms with van der Waals surface area (Å²) >= 11 is 0. The van der Waals surface area contributed by atoms with Gasteiger partial charge in [-0.3, -0.25) is 4.72 Å². The Morgan fingerprint density at radius 2 is 1.83 bits per heavy atom. The molecule has 2 rings (SSSR count). The summed E-state index contributed by atoms with van der Waals surface area (Å²) in [4.78, 5) is 0.220. The number of anilines is 1. The molecule has 0 radical (unpaired) electrons. The van der Waals surface area contributed by atoms with Crippen LogP contribution in [0.2, 0.25) is 0 Å². The standard InChI is InChI=1S/C17H24N2O3S/c1-5-12(2)13(3)10-15-6-8-16(9-7-15)23(20,21)19-17-11-14(4)22-18-17/h6-9,11-13H,5,10H2,1-4H3,(H,18,19). The molecule has 0 aliphatic heterocycles. The van der Waals surface area contributed by atoms with E-state index >= 15 is 0 Å². The molecule has 1 aromatic carbocycles. The number of hydrogen-bond donors (Lipinski definition) is 1. The smallest absolute Gasteiger partial charge is 0.263 e. The fraction of sp³-hybridized carbons (Fsp3) is 0.471. The van der Waals surface area contributed by atoms with Crippen molar-refractivity contribution in [2.45, 2.75) is 45.4 Å². The Hall–Kier alpha value is -1.82. The maximum absolute atomic E-state index is 12.3. The number of aryl methyl sites for hydroxylation is 1. The molecule has 2 aromatic rings. The van der Waals surface area contributed by atoms with E-state index in [4.69, 9.17) is 4.52 Å². The van der Waals surface area contributed by atoms with Crippen molar-refractivity contribution in [2.75, 3.05) is 4.72 Å². The number of nitrogens with one attached hydrogen (secondary N) is 1. The summed E-state index contributed by atoms with van der Waals surface area (Å²) in [6.45, 7) is 8.37. The summed E-state index contributed by atoms with van der Waals surface area (Å²) in [5.41, 5.74) is 1.15. The van der Waals surface area contributed by atoms with E-state index in [0.29, 0.717) is 17.6 Å². The van der Waals surface area contributed by atoms with E-state index < -0.39 is 10.0 Å². The number of nitrogens with zero attached hydrogens (tertiary/aromatic N) is 1. The number of rotatable bonds is 7. The summed E-state index contributed by atoms with van der Waals surface area (Å²) in [7, 11) is -3.64. The summed E-state index contributed by atoms with van der Waals surface area (Å²) < 4.78 is 31.9. The molecule has 5 nitrogen and oxygen atoms in total.